The highest BCUT2D eigenvalue weighted by Crippen LogP contribution is 2.56. The first-order valence-corrected chi connectivity index (χ1v) is 19.7. The summed E-state index contributed by atoms with van der Waals surface area (Å²) in [5.41, 5.74) is 1.04. The molecule has 0 nitrogen and oxygen atoms in total. The Balaban J connectivity index is 1.13. The molecule has 1 aromatic rings. The second-order valence-electron chi connectivity index (χ2n) is 13.9. The summed E-state index contributed by atoms with van der Waals surface area (Å²) < 4.78 is 0. The van der Waals surface area contributed by atoms with Gasteiger partial charge in [-0.15, -0.1) is 0 Å². The van der Waals surface area contributed by atoms with Crippen LogP contribution in [0.1, 0.15) is 136 Å². The molecule has 3 aliphatic carbocycles. The zero-order valence-electron chi connectivity index (χ0n) is 25.9. The van der Waals surface area contributed by atoms with Gasteiger partial charge in [-0.3, -0.25) is 0 Å². The minimum atomic E-state index is -0.953. The fourth-order valence-electron chi connectivity index (χ4n) is 8.83. The first-order chi connectivity index (χ1) is 19.3. The van der Waals surface area contributed by atoms with Crippen LogP contribution < -0.4 is 5.19 Å². The molecule has 39 heavy (non-hydrogen) atoms. The number of hydrogen-bond acceptors (Lipinski definition) is 0. The summed E-state index contributed by atoms with van der Waals surface area (Å²) in [7, 11) is -0.953. The first kappa shape index (κ1) is 30.9. The van der Waals surface area contributed by atoms with E-state index in [1.54, 1.807) is 11.2 Å². The third-order valence-electron chi connectivity index (χ3n) is 11.0. The third-order valence-corrected chi connectivity index (χ3v) is 15.2. The molecule has 0 N–H and O–H groups in total. The van der Waals surface area contributed by atoms with Gasteiger partial charge in [0.25, 0.3) is 0 Å². The Hall–Kier alpha value is -1.08. The predicted octanol–water partition coefficient (Wildman–Crippen LogP) is 11.2. The molecule has 0 aliphatic heterocycles. The van der Waals surface area contributed by atoms with Gasteiger partial charge in [0.15, 0.2) is 0 Å². The highest BCUT2D eigenvalue weighted by atomic mass is 28.3. The van der Waals surface area contributed by atoms with Crippen LogP contribution in [0.15, 0.2) is 54.6 Å². The van der Waals surface area contributed by atoms with Gasteiger partial charge in [-0.2, -0.15) is 0 Å². The number of unbranched alkanes of at least 4 members (excludes halogenated alkanes) is 11. The van der Waals surface area contributed by atoms with Crippen molar-refractivity contribution in [3.05, 3.63) is 54.6 Å². The van der Waals surface area contributed by atoms with Gasteiger partial charge < -0.3 is 0 Å². The van der Waals surface area contributed by atoms with E-state index in [0.717, 1.165) is 35.1 Å². The standard InChI is InChI=1S/C38H62Si/c1-3-4-5-6-7-10-14-22-32(2)23-15-11-8-9-12-20-30-39(34-25-16-13-17-26-34)38-29-21-28-36-35-27-19-18-24-33(35)31-37(36)38/h13,16-19,24-27,32-33,35-39H,3-12,14-15,20-23,28-31H2,1-2H3. The number of hydrogen-bond donors (Lipinski definition) is 0. The number of fused-ring (bicyclic) bond motifs is 3. The highest BCUT2D eigenvalue weighted by molar-refractivity contribution is 6.74. The lowest BCUT2D eigenvalue weighted by molar-refractivity contribution is 0.246. The predicted molar refractivity (Wildman–Crippen MR) is 177 cm³/mol. The lowest BCUT2D eigenvalue weighted by Crippen LogP contribution is -2.41. The quantitative estimate of drug-likeness (QED) is 0.119. The molecule has 0 radical (unpaired) electrons. The van der Waals surface area contributed by atoms with Gasteiger partial charge in [0.05, 0.1) is 8.80 Å². The van der Waals surface area contributed by atoms with Crippen molar-refractivity contribution in [2.45, 2.75) is 147 Å². The molecule has 7 unspecified atom stereocenters. The molecule has 0 heterocycles. The second-order valence-corrected chi connectivity index (χ2v) is 17.2. The van der Waals surface area contributed by atoms with E-state index >= 15 is 0 Å². The van der Waals surface area contributed by atoms with Crippen molar-refractivity contribution in [2.75, 3.05) is 0 Å². The Bertz CT molecular complexity index is 824. The van der Waals surface area contributed by atoms with Gasteiger partial charge in [0.2, 0.25) is 0 Å². The Morgan fingerprint density at radius 1 is 0.718 bits per heavy atom. The molecule has 4 rings (SSSR count). The van der Waals surface area contributed by atoms with Crippen LogP contribution >= 0.6 is 0 Å². The molecule has 2 fully saturated rings. The van der Waals surface area contributed by atoms with Crippen LogP contribution in [0.4, 0.5) is 0 Å². The Morgan fingerprint density at radius 3 is 2.08 bits per heavy atom. The van der Waals surface area contributed by atoms with Crippen molar-refractivity contribution in [1.29, 1.82) is 0 Å². The van der Waals surface area contributed by atoms with E-state index in [0.29, 0.717) is 0 Å². The van der Waals surface area contributed by atoms with Gasteiger partial charge in [0, 0.05) is 0 Å². The normalized spacial score (nSPS) is 27.3. The monoisotopic (exact) mass is 546 g/mol. The van der Waals surface area contributed by atoms with E-state index in [1.807, 2.05) is 0 Å². The maximum atomic E-state index is 2.58. The minimum absolute atomic E-state index is 0.842. The maximum Gasteiger partial charge on any atom is 0.0741 e. The molecule has 0 saturated heterocycles. The lowest BCUT2D eigenvalue weighted by atomic mass is 9.76. The molecule has 0 bridgehead atoms. The zero-order valence-corrected chi connectivity index (χ0v) is 27.0. The van der Waals surface area contributed by atoms with Crippen molar-refractivity contribution in [3.8, 4) is 0 Å². The van der Waals surface area contributed by atoms with Crippen LogP contribution in [0, 0.1) is 29.6 Å². The topological polar surface area (TPSA) is 0 Å². The second kappa shape index (κ2) is 17.7. The van der Waals surface area contributed by atoms with Gasteiger partial charge in [-0.05, 0) is 48.0 Å². The van der Waals surface area contributed by atoms with Crippen LogP contribution in [0.3, 0.4) is 0 Å². The largest absolute Gasteiger partial charge is 0.0808 e. The number of allylic oxidation sites excluding steroid dienone is 4. The average Bonchev–Trinajstić information content (AvgIpc) is 3.36. The van der Waals surface area contributed by atoms with Gasteiger partial charge in [-0.1, -0.05) is 189 Å². The van der Waals surface area contributed by atoms with Gasteiger partial charge in [-0.25, -0.2) is 0 Å². The van der Waals surface area contributed by atoms with E-state index < -0.39 is 8.80 Å². The van der Waals surface area contributed by atoms with Crippen molar-refractivity contribution in [2.24, 2.45) is 29.6 Å². The number of rotatable bonds is 19. The van der Waals surface area contributed by atoms with Crippen LogP contribution in [0.5, 0.6) is 0 Å². The average molecular weight is 547 g/mol. The summed E-state index contributed by atoms with van der Waals surface area (Å²) >= 11 is 0. The highest BCUT2D eigenvalue weighted by Gasteiger charge is 2.48. The van der Waals surface area contributed by atoms with E-state index in [1.165, 1.54) is 122 Å². The Kier molecular flexibility index (Phi) is 14.0. The van der Waals surface area contributed by atoms with Crippen molar-refractivity contribution < 1.29 is 0 Å². The fraction of sp³-hybridized carbons (Fsp3) is 0.737. The molecule has 0 aromatic heterocycles. The Labute approximate surface area is 245 Å². The minimum Gasteiger partial charge on any atom is -0.0808 e. The van der Waals surface area contributed by atoms with Crippen molar-refractivity contribution in [1.82, 2.24) is 0 Å². The SMILES string of the molecule is CCCCCCCCCC(C)CCCCCCCC[SiH](c1ccccc1)C1CCCC2C3C=CC=CC3CC21. The van der Waals surface area contributed by atoms with Gasteiger partial charge in [0.1, 0.15) is 0 Å². The molecule has 7 atom stereocenters. The molecule has 0 spiro atoms. The third kappa shape index (κ3) is 9.76. The summed E-state index contributed by atoms with van der Waals surface area (Å²) in [5, 5.41) is 1.78. The Morgan fingerprint density at radius 2 is 1.36 bits per heavy atom. The molecule has 1 heteroatoms. The summed E-state index contributed by atoms with van der Waals surface area (Å²) in [6.07, 6.45) is 37.7. The van der Waals surface area contributed by atoms with E-state index in [-0.39, 0.29) is 0 Å². The van der Waals surface area contributed by atoms with Gasteiger partial charge >= 0.3 is 0 Å². The molecule has 2 saturated carbocycles. The molecule has 3 aliphatic rings. The van der Waals surface area contributed by atoms with Crippen LogP contribution in [0.25, 0.3) is 0 Å². The molecule has 1 aromatic carbocycles. The molecule has 0 amide bonds. The molecular weight excluding hydrogens is 485 g/mol. The van der Waals surface area contributed by atoms with Crippen LogP contribution in [-0.4, -0.2) is 8.80 Å². The lowest BCUT2D eigenvalue weighted by Gasteiger charge is -2.40. The summed E-state index contributed by atoms with van der Waals surface area (Å²) in [4.78, 5) is 0. The van der Waals surface area contributed by atoms with Crippen molar-refractivity contribution in [3.63, 3.8) is 0 Å². The zero-order chi connectivity index (χ0) is 27.1. The molecular formula is C38H62Si. The number of benzene rings is 1. The van der Waals surface area contributed by atoms with E-state index in [2.05, 4.69) is 68.5 Å². The summed E-state index contributed by atoms with van der Waals surface area (Å²) in [5.74, 6) is 4.62. The fourth-order valence-corrected chi connectivity index (χ4v) is 13.2. The maximum absolute atomic E-state index is 2.58. The summed E-state index contributed by atoms with van der Waals surface area (Å²) in [6, 6.07) is 13.4. The van der Waals surface area contributed by atoms with Crippen molar-refractivity contribution >= 4 is 14.0 Å². The van der Waals surface area contributed by atoms with Crippen LogP contribution in [-0.2, 0) is 0 Å². The summed E-state index contributed by atoms with van der Waals surface area (Å²) in [6.45, 7) is 4.82. The smallest absolute Gasteiger partial charge is 0.0741 e. The van der Waals surface area contributed by atoms with Crippen LogP contribution in [0.2, 0.25) is 11.6 Å². The first-order valence-electron chi connectivity index (χ1n) is 17.7. The van der Waals surface area contributed by atoms with E-state index in [4.69, 9.17) is 0 Å². The molecule has 218 valence electrons. The van der Waals surface area contributed by atoms with E-state index in [9.17, 15) is 0 Å².